The van der Waals surface area contributed by atoms with Crippen molar-refractivity contribution in [2.75, 3.05) is 24.6 Å². The second-order valence-corrected chi connectivity index (χ2v) is 9.34. The van der Waals surface area contributed by atoms with Crippen LogP contribution in [-0.2, 0) is 9.47 Å². The Balaban J connectivity index is 1.70. The van der Waals surface area contributed by atoms with Crippen molar-refractivity contribution in [3.63, 3.8) is 0 Å². The van der Waals surface area contributed by atoms with Crippen molar-refractivity contribution in [2.45, 2.75) is 78.4 Å². The van der Waals surface area contributed by atoms with Crippen LogP contribution in [0.25, 0.3) is 0 Å². The number of carbonyl (C=O) groups is 2. The maximum atomic E-state index is 12.3. The zero-order chi connectivity index (χ0) is 21.9. The Labute approximate surface area is 178 Å². The molecule has 1 N–H and O–H groups in total. The Morgan fingerprint density at radius 1 is 1.27 bits per heavy atom. The number of aromatic nitrogens is 2. The first kappa shape index (κ1) is 22.3. The zero-order valence-corrected chi connectivity index (χ0v) is 18.8. The van der Waals surface area contributed by atoms with Crippen LogP contribution < -0.4 is 10.2 Å². The van der Waals surface area contributed by atoms with Gasteiger partial charge in [0, 0.05) is 25.3 Å². The number of ether oxygens (including phenoxy) is 2. The number of hydrogen-bond donors (Lipinski definition) is 1. The molecule has 166 valence electrons. The van der Waals surface area contributed by atoms with Crippen molar-refractivity contribution in [1.29, 1.82) is 0 Å². The molecular formula is C22H34N4O4. The summed E-state index contributed by atoms with van der Waals surface area (Å²) >= 11 is 0. The van der Waals surface area contributed by atoms with Crippen LogP contribution in [0.3, 0.4) is 0 Å². The quantitative estimate of drug-likeness (QED) is 0.746. The van der Waals surface area contributed by atoms with Gasteiger partial charge in [0.15, 0.2) is 11.5 Å². The molecule has 1 unspecified atom stereocenters. The van der Waals surface area contributed by atoms with Crippen LogP contribution in [0.4, 0.5) is 10.6 Å². The Bertz CT molecular complexity index is 782. The number of amides is 1. The summed E-state index contributed by atoms with van der Waals surface area (Å²) in [6.07, 6.45) is 6.25. The van der Waals surface area contributed by atoms with Crippen molar-refractivity contribution >= 4 is 17.9 Å². The normalized spacial score (nSPS) is 20.8. The molecule has 1 atom stereocenters. The molecule has 1 spiro atoms. The van der Waals surface area contributed by atoms with Crippen LogP contribution >= 0.6 is 0 Å². The number of nitrogens with one attached hydrogen (secondary N) is 1. The summed E-state index contributed by atoms with van der Waals surface area (Å²) in [6, 6.07) is 0.114. The van der Waals surface area contributed by atoms with Crippen molar-refractivity contribution in [3.05, 3.63) is 17.6 Å². The molecular weight excluding hydrogens is 384 g/mol. The van der Waals surface area contributed by atoms with E-state index in [0.29, 0.717) is 12.4 Å². The zero-order valence-electron chi connectivity index (χ0n) is 18.8. The predicted octanol–water partition coefficient (Wildman–Crippen LogP) is 3.63. The van der Waals surface area contributed by atoms with E-state index in [9.17, 15) is 9.59 Å². The highest BCUT2D eigenvalue weighted by atomic mass is 16.6. The number of rotatable bonds is 4. The minimum atomic E-state index is -0.507. The first-order valence-electron chi connectivity index (χ1n) is 10.9. The minimum absolute atomic E-state index is 0.0642. The summed E-state index contributed by atoms with van der Waals surface area (Å²) in [7, 11) is 0. The molecule has 1 saturated heterocycles. The number of hydrogen-bond acceptors (Lipinski definition) is 7. The first-order valence-corrected chi connectivity index (χ1v) is 10.9. The second-order valence-electron chi connectivity index (χ2n) is 9.34. The summed E-state index contributed by atoms with van der Waals surface area (Å²) in [5.41, 5.74) is 0.596. The maximum Gasteiger partial charge on any atom is 0.407 e. The average molecular weight is 419 g/mol. The van der Waals surface area contributed by atoms with Crippen molar-refractivity contribution in [2.24, 2.45) is 5.41 Å². The highest BCUT2D eigenvalue weighted by Crippen LogP contribution is 2.47. The lowest BCUT2D eigenvalue weighted by Crippen LogP contribution is -2.51. The van der Waals surface area contributed by atoms with Crippen molar-refractivity contribution in [3.8, 4) is 0 Å². The monoisotopic (exact) mass is 418 g/mol. The molecule has 1 saturated carbocycles. The van der Waals surface area contributed by atoms with Gasteiger partial charge < -0.3 is 19.7 Å². The third-order valence-electron chi connectivity index (χ3n) is 6.00. The summed E-state index contributed by atoms with van der Waals surface area (Å²) in [4.78, 5) is 35.7. The van der Waals surface area contributed by atoms with Gasteiger partial charge in [-0.2, -0.15) is 0 Å². The van der Waals surface area contributed by atoms with E-state index in [4.69, 9.17) is 9.47 Å². The highest BCUT2D eigenvalue weighted by molar-refractivity contribution is 5.92. The van der Waals surface area contributed by atoms with E-state index in [-0.39, 0.29) is 23.2 Å². The van der Waals surface area contributed by atoms with Crippen molar-refractivity contribution < 1.29 is 19.1 Å². The average Bonchev–Trinajstić information content (AvgIpc) is 3.02. The van der Waals surface area contributed by atoms with Gasteiger partial charge in [0.1, 0.15) is 5.60 Å². The molecule has 30 heavy (non-hydrogen) atoms. The van der Waals surface area contributed by atoms with Crippen LogP contribution in [0, 0.1) is 12.3 Å². The number of alkyl carbamates (subject to hydrolysis) is 1. The number of anilines is 1. The van der Waals surface area contributed by atoms with E-state index in [1.54, 1.807) is 13.1 Å². The van der Waals surface area contributed by atoms with Gasteiger partial charge in [-0.15, -0.1) is 0 Å². The topological polar surface area (TPSA) is 93.6 Å². The number of carbonyl (C=O) groups excluding carboxylic acids is 2. The molecule has 2 heterocycles. The number of esters is 1. The molecule has 1 aromatic rings. The minimum Gasteiger partial charge on any atom is -0.461 e. The van der Waals surface area contributed by atoms with Crippen LogP contribution in [0.15, 0.2) is 6.20 Å². The molecule has 0 bridgehead atoms. The van der Waals surface area contributed by atoms with Crippen LogP contribution in [0.5, 0.6) is 0 Å². The van der Waals surface area contributed by atoms with E-state index in [0.717, 1.165) is 50.9 Å². The van der Waals surface area contributed by atoms with Crippen LogP contribution in [-0.4, -0.2) is 53.4 Å². The molecule has 2 aliphatic rings. The second kappa shape index (κ2) is 8.78. The fraction of sp³-hybridized carbons (Fsp3) is 0.727. The standard InChI is InChI=1S/C22H34N4O4/c1-6-29-19(27)17-18(24-15(2)14-23-17)26-12-10-22(11-13-26)9-7-8-16(22)25-20(28)30-21(3,4)5/h14,16H,6-13H2,1-5H3,(H,25,28). The van der Waals surface area contributed by atoms with E-state index >= 15 is 0 Å². The van der Waals surface area contributed by atoms with Gasteiger partial charge in [-0.3, -0.25) is 0 Å². The third-order valence-corrected chi connectivity index (χ3v) is 6.00. The van der Waals surface area contributed by atoms with Gasteiger partial charge in [-0.05, 0) is 65.7 Å². The predicted molar refractivity (Wildman–Crippen MR) is 114 cm³/mol. The molecule has 1 aliphatic heterocycles. The molecule has 8 nitrogen and oxygen atoms in total. The van der Waals surface area contributed by atoms with Crippen LogP contribution in [0.2, 0.25) is 0 Å². The molecule has 0 aromatic carbocycles. The summed E-state index contributed by atoms with van der Waals surface area (Å²) in [6.45, 7) is 11.1. The molecule has 1 aliphatic carbocycles. The van der Waals surface area contributed by atoms with Gasteiger partial charge in [-0.25, -0.2) is 19.6 Å². The highest BCUT2D eigenvalue weighted by Gasteiger charge is 2.46. The van der Waals surface area contributed by atoms with E-state index < -0.39 is 11.6 Å². The fourth-order valence-corrected chi connectivity index (χ4v) is 4.60. The fourth-order valence-electron chi connectivity index (χ4n) is 4.60. The van der Waals surface area contributed by atoms with Crippen LogP contribution in [0.1, 0.15) is 76.0 Å². The van der Waals surface area contributed by atoms with Gasteiger partial charge in [0.05, 0.1) is 12.3 Å². The molecule has 3 rings (SSSR count). The summed E-state index contributed by atoms with van der Waals surface area (Å²) in [5.74, 6) is 0.156. The molecule has 2 fully saturated rings. The Hall–Kier alpha value is -2.38. The smallest absolute Gasteiger partial charge is 0.407 e. The maximum absolute atomic E-state index is 12.3. The first-order chi connectivity index (χ1) is 14.1. The molecule has 1 aromatic heterocycles. The molecule has 8 heteroatoms. The lowest BCUT2D eigenvalue weighted by molar-refractivity contribution is 0.0439. The Morgan fingerprint density at radius 2 is 1.97 bits per heavy atom. The van der Waals surface area contributed by atoms with Gasteiger partial charge in [-0.1, -0.05) is 6.42 Å². The summed E-state index contributed by atoms with van der Waals surface area (Å²) < 4.78 is 10.6. The number of aryl methyl sites for hydroxylation is 1. The van der Waals surface area contributed by atoms with Crippen molar-refractivity contribution in [1.82, 2.24) is 15.3 Å². The van der Waals surface area contributed by atoms with Gasteiger partial charge in [0.25, 0.3) is 0 Å². The Morgan fingerprint density at radius 3 is 2.60 bits per heavy atom. The van der Waals surface area contributed by atoms with Gasteiger partial charge >= 0.3 is 12.1 Å². The number of piperidine rings is 1. The Kier molecular flexibility index (Phi) is 6.53. The van der Waals surface area contributed by atoms with Gasteiger partial charge in [0.2, 0.25) is 0 Å². The molecule has 1 amide bonds. The lowest BCUT2D eigenvalue weighted by Gasteiger charge is -2.44. The van der Waals surface area contributed by atoms with E-state index in [1.165, 1.54) is 0 Å². The van der Waals surface area contributed by atoms with E-state index in [2.05, 4.69) is 20.2 Å². The largest absolute Gasteiger partial charge is 0.461 e. The number of nitrogens with zero attached hydrogens (tertiary/aromatic N) is 3. The third kappa shape index (κ3) is 5.02. The lowest BCUT2D eigenvalue weighted by atomic mass is 9.74. The van der Waals surface area contributed by atoms with E-state index in [1.807, 2.05) is 27.7 Å². The molecule has 0 radical (unpaired) electrons. The SMILES string of the molecule is CCOC(=O)c1ncc(C)nc1N1CCC2(CCCC2NC(=O)OC(C)(C)C)CC1. The summed E-state index contributed by atoms with van der Waals surface area (Å²) in [5, 5.41) is 3.12.